The highest BCUT2D eigenvalue weighted by Gasteiger charge is 2.15. The molecule has 1 amide bonds. The number of aromatic nitrogens is 1. The molecule has 0 saturated carbocycles. The quantitative estimate of drug-likeness (QED) is 0.614. The molecule has 3 rings (SSSR count). The zero-order chi connectivity index (χ0) is 19.3. The van der Waals surface area contributed by atoms with Crippen LogP contribution in [0.15, 0.2) is 71.1 Å². The molecule has 6 nitrogen and oxygen atoms in total. The van der Waals surface area contributed by atoms with Crippen molar-refractivity contribution in [3.8, 4) is 0 Å². The van der Waals surface area contributed by atoms with Crippen LogP contribution in [0.5, 0.6) is 0 Å². The van der Waals surface area contributed by atoms with Gasteiger partial charge in [0, 0.05) is 23.3 Å². The molecule has 0 unspecified atom stereocenters. The SMILES string of the molecule is O=C(C=Cc1cccc(F)c1)Nc1ccc(S(=O)(=O)Nc2nccs2)cc1. The number of rotatable bonds is 6. The van der Waals surface area contributed by atoms with E-state index < -0.39 is 15.9 Å². The summed E-state index contributed by atoms with van der Waals surface area (Å²) in [6.07, 6.45) is 4.25. The number of nitrogens with zero attached hydrogens (tertiary/aromatic N) is 1. The Kier molecular flexibility index (Phi) is 5.63. The van der Waals surface area contributed by atoms with E-state index in [0.717, 1.165) is 0 Å². The first-order chi connectivity index (χ1) is 12.9. The molecular formula is C18H14FN3O3S2. The Morgan fingerprint density at radius 1 is 1.15 bits per heavy atom. The minimum absolute atomic E-state index is 0.0472. The van der Waals surface area contributed by atoms with E-state index >= 15 is 0 Å². The van der Waals surface area contributed by atoms with Gasteiger partial charge in [0.05, 0.1) is 4.90 Å². The number of hydrogen-bond acceptors (Lipinski definition) is 5. The monoisotopic (exact) mass is 403 g/mol. The van der Waals surface area contributed by atoms with E-state index in [1.54, 1.807) is 17.5 Å². The molecule has 2 N–H and O–H groups in total. The number of benzene rings is 2. The van der Waals surface area contributed by atoms with Crippen LogP contribution in [-0.4, -0.2) is 19.3 Å². The van der Waals surface area contributed by atoms with E-state index in [-0.39, 0.29) is 15.8 Å². The van der Waals surface area contributed by atoms with Crippen LogP contribution in [-0.2, 0) is 14.8 Å². The lowest BCUT2D eigenvalue weighted by atomic mass is 10.2. The van der Waals surface area contributed by atoms with Crippen LogP contribution >= 0.6 is 11.3 Å². The lowest BCUT2D eigenvalue weighted by Crippen LogP contribution is -2.13. The van der Waals surface area contributed by atoms with Crippen LogP contribution in [0.1, 0.15) is 5.56 Å². The third-order valence-corrected chi connectivity index (χ3v) is 5.53. The number of sulfonamides is 1. The second kappa shape index (κ2) is 8.11. The summed E-state index contributed by atoms with van der Waals surface area (Å²) in [5.41, 5.74) is 0.983. The largest absolute Gasteiger partial charge is 0.323 e. The topological polar surface area (TPSA) is 88.2 Å². The number of hydrogen-bond donors (Lipinski definition) is 2. The van der Waals surface area contributed by atoms with E-state index in [2.05, 4.69) is 15.0 Å². The summed E-state index contributed by atoms with van der Waals surface area (Å²) in [7, 11) is -3.74. The molecule has 1 aromatic heterocycles. The molecule has 3 aromatic rings. The van der Waals surface area contributed by atoms with Gasteiger partial charge in [-0.3, -0.25) is 9.52 Å². The van der Waals surface area contributed by atoms with Crippen molar-refractivity contribution in [2.24, 2.45) is 0 Å². The van der Waals surface area contributed by atoms with Crippen LogP contribution in [0.4, 0.5) is 15.2 Å². The van der Waals surface area contributed by atoms with Gasteiger partial charge in [-0.05, 0) is 48.0 Å². The van der Waals surface area contributed by atoms with Gasteiger partial charge in [-0.2, -0.15) is 0 Å². The summed E-state index contributed by atoms with van der Waals surface area (Å²) in [6, 6.07) is 11.5. The molecule has 0 fully saturated rings. The molecule has 27 heavy (non-hydrogen) atoms. The van der Waals surface area contributed by atoms with Crippen molar-refractivity contribution in [3.05, 3.63) is 77.6 Å². The molecule has 9 heteroatoms. The van der Waals surface area contributed by atoms with E-state index in [9.17, 15) is 17.6 Å². The molecule has 0 aliphatic carbocycles. The van der Waals surface area contributed by atoms with Gasteiger partial charge in [0.25, 0.3) is 10.0 Å². The van der Waals surface area contributed by atoms with Crippen LogP contribution in [0, 0.1) is 5.82 Å². The van der Waals surface area contributed by atoms with E-state index in [1.165, 1.54) is 66.1 Å². The smallest absolute Gasteiger partial charge is 0.263 e. The average molecular weight is 403 g/mol. The van der Waals surface area contributed by atoms with Crippen molar-refractivity contribution < 1.29 is 17.6 Å². The van der Waals surface area contributed by atoms with Crippen molar-refractivity contribution in [3.63, 3.8) is 0 Å². The first-order valence-corrected chi connectivity index (χ1v) is 10.1. The maximum atomic E-state index is 13.1. The van der Waals surface area contributed by atoms with Crippen molar-refractivity contribution in [2.45, 2.75) is 4.90 Å². The van der Waals surface area contributed by atoms with Gasteiger partial charge in [-0.15, -0.1) is 11.3 Å². The molecule has 0 aliphatic heterocycles. The Morgan fingerprint density at radius 3 is 2.59 bits per heavy atom. The Hall–Kier alpha value is -3.04. The van der Waals surface area contributed by atoms with Crippen LogP contribution in [0.2, 0.25) is 0 Å². The number of halogens is 1. The van der Waals surface area contributed by atoms with Gasteiger partial charge < -0.3 is 5.32 Å². The highest BCUT2D eigenvalue weighted by atomic mass is 32.2. The molecular weight excluding hydrogens is 389 g/mol. The maximum absolute atomic E-state index is 13.1. The lowest BCUT2D eigenvalue weighted by Gasteiger charge is -2.07. The third-order valence-electron chi connectivity index (χ3n) is 3.36. The predicted molar refractivity (Wildman–Crippen MR) is 103 cm³/mol. The summed E-state index contributed by atoms with van der Waals surface area (Å²) in [5, 5.41) is 4.54. The summed E-state index contributed by atoms with van der Waals surface area (Å²) < 4.78 is 40.0. The van der Waals surface area contributed by atoms with Crippen LogP contribution in [0.25, 0.3) is 6.08 Å². The van der Waals surface area contributed by atoms with Crippen molar-refractivity contribution in [1.29, 1.82) is 0 Å². The summed E-state index contributed by atoms with van der Waals surface area (Å²) in [6.45, 7) is 0. The van der Waals surface area contributed by atoms with Gasteiger partial charge in [0.2, 0.25) is 5.91 Å². The summed E-state index contributed by atoms with van der Waals surface area (Å²) >= 11 is 1.17. The fourth-order valence-electron chi connectivity index (χ4n) is 2.13. The fraction of sp³-hybridized carbons (Fsp3) is 0. The van der Waals surface area contributed by atoms with Crippen LogP contribution < -0.4 is 10.0 Å². The minimum Gasteiger partial charge on any atom is -0.323 e. The third kappa shape index (κ3) is 5.22. The molecule has 2 aromatic carbocycles. The van der Waals surface area contributed by atoms with Crippen molar-refractivity contribution in [1.82, 2.24) is 4.98 Å². The number of carbonyl (C=O) groups is 1. The number of anilines is 2. The summed E-state index contributed by atoms with van der Waals surface area (Å²) in [4.78, 5) is 15.9. The van der Waals surface area contributed by atoms with Gasteiger partial charge in [-0.25, -0.2) is 17.8 Å². The molecule has 1 heterocycles. The van der Waals surface area contributed by atoms with Gasteiger partial charge in [-0.1, -0.05) is 12.1 Å². The van der Waals surface area contributed by atoms with Crippen molar-refractivity contribution in [2.75, 3.05) is 10.0 Å². The molecule has 0 atom stereocenters. The Bertz CT molecular complexity index is 1060. The van der Waals surface area contributed by atoms with Crippen LogP contribution in [0.3, 0.4) is 0 Å². The Balaban J connectivity index is 1.64. The van der Waals surface area contributed by atoms with Gasteiger partial charge in [0.15, 0.2) is 5.13 Å². The minimum atomic E-state index is -3.74. The fourth-order valence-corrected chi connectivity index (χ4v) is 3.92. The number of thiazole rings is 1. The second-order valence-corrected chi connectivity index (χ2v) is 7.92. The Labute approximate surface area is 159 Å². The van der Waals surface area contributed by atoms with Crippen molar-refractivity contribution >= 4 is 44.2 Å². The normalized spacial score (nSPS) is 11.4. The first kappa shape index (κ1) is 18.7. The van der Waals surface area contributed by atoms with E-state index in [1.807, 2.05) is 0 Å². The first-order valence-electron chi connectivity index (χ1n) is 7.69. The highest BCUT2D eigenvalue weighted by molar-refractivity contribution is 7.93. The molecule has 0 bridgehead atoms. The standard InChI is InChI=1S/C18H14FN3O3S2/c19-14-3-1-2-13(12-14)4-9-17(23)21-15-5-7-16(8-6-15)27(24,25)22-18-20-10-11-26-18/h1-12H,(H,20,22)(H,21,23). The zero-order valence-corrected chi connectivity index (χ0v) is 15.4. The van der Waals surface area contributed by atoms with E-state index in [4.69, 9.17) is 0 Å². The predicted octanol–water partition coefficient (Wildman–Crippen LogP) is 3.73. The van der Waals surface area contributed by atoms with Gasteiger partial charge >= 0.3 is 0 Å². The molecule has 0 spiro atoms. The molecule has 0 radical (unpaired) electrons. The highest BCUT2D eigenvalue weighted by Crippen LogP contribution is 2.19. The lowest BCUT2D eigenvalue weighted by molar-refractivity contribution is -0.111. The molecule has 0 aliphatic rings. The number of nitrogens with one attached hydrogen (secondary N) is 2. The molecule has 138 valence electrons. The second-order valence-electron chi connectivity index (χ2n) is 5.34. The maximum Gasteiger partial charge on any atom is 0.263 e. The molecule has 0 saturated heterocycles. The number of amides is 1. The average Bonchev–Trinajstić information content (AvgIpc) is 3.13. The summed E-state index contributed by atoms with van der Waals surface area (Å²) in [5.74, 6) is -0.809. The van der Waals surface area contributed by atoms with Gasteiger partial charge in [0.1, 0.15) is 5.82 Å². The Morgan fingerprint density at radius 2 is 1.93 bits per heavy atom. The number of carbonyl (C=O) groups excluding carboxylic acids is 1. The zero-order valence-electron chi connectivity index (χ0n) is 13.8. The van der Waals surface area contributed by atoms with E-state index in [0.29, 0.717) is 11.3 Å².